The molecule has 5 heterocycles. The number of nitrogens with zero attached hydrogens (tertiary/aromatic N) is 6. The number of anilines is 3. The minimum atomic E-state index is -0.460. The summed E-state index contributed by atoms with van der Waals surface area (Å²) < 4.78 is 21.8. The zero-order chi connectivity index (χ0) is 18.4. The molecular formula is C18H18FN7O. The molecule has 27 heavy (non-hydrogen) atoms. The van der Waals surface area contributed by atoms with Gasteiger partial charge in [0.05, 0.1) is 29.8 Å². The zero-order valence-electron chi connectivity index (χ0n) is 14.8. The number of aromatic nitrogens is 5. The van der Waals surface area contributed by atoms with Gasteiger partial charge in [-0.25, -0.2) is 19.3 Å². The topological polar surface area (TPSA) is 81.0 Å². The fourth-order valence-corrected chi connectivity index (χ4v) is 3.56. The lowest BCUT2D eigenvalue weighted by Gasteiger charge is -2.32. The van der Waals surface area contributed by atoms with E-state index in [9.17, 15) is 4.39 Å². The maximum atomic E-state index is 14.5. The smallest absolute Gasteiger partial charge is 0.229 e. The van der Waals surface area contributed by atoms with Crippen LogP contribution in [0, 0.1) is 12.7 Å². The van der Waals surface area contributed by atoms with Crippen LogP contribution in [0.2, 0.25) is 0 Å². The molecule has 0 aliphatic carbocycles. The Hall–Kier alpha value is -3.23. The number of pyridine rings is 1. The molecule has 0 spiro atoms. The van der Waals surface area contributed by atoms with Crippen LogP contribution in [-0.2, 0) is 0 Å². The highest BCUT2D eigenvalue weighted by atomic mass is 19.1. The molecule has 2 aliphatic rings. The summed E-state index contributed by atoms with van der Waals surface area (Å²) in [6, 6.07) is 1.74. The van der Waals surface area contributed by atoms with Gasteiger partial charge in [-0.3, -0.25) is 4.57 Å². The second-order valence-corrected chi connectivity index (χ2v) is 6.76. The second-order valence-electron chi connectivity index (χ2n) is 6.76. The third-order valence-electron chi connectivity index (χ3n) is 4.85. The molecule has 9 heteroatoms. The van der Waals surface area contributed by atoms with Gasteiger partial charge in [-0.1, -0.05) is 0 Å². The van der Waals surface area contributed by atoms with Crippen LogP contribution in [0.5, 0.6) is 5.75 Å². The highest BCUT2D eigenvalue weighted by molar-refractivity contribution is 5.60. The van der Waals surface area contributed by atoms with Gasteiger partial charge in [-0.2, -0.15) is 4.98 Å². The molecule has 0 aromatic carbocycles. The molecule has 1 unspecified atom stereocenters. The van der Waals surface area contributed by atoms with E-state index in [2.05, 4.69) is 30.2 Å². The fourth-order valence-electron chi connectivity index (χ4n) is 3.56. The van der Waals surface area contributed by atoms with Crippen LogP contribution >= 0.6 is 0 Å². The van der Waals surface area contributed by atoms with Crippen LogP contribution in [-0.4, -0.2) is 43.7 Å². The predicted octanol–water partition coefficient (Wildman–Crippen LogP) is 2.61. The lowest BCUT2D eigenvalue weighted by molar-refractivity contribution is 0.268. The molecule has 1 saturated heterocycles. The van der Waals surface area contributed by atoms with E-state index >= 15 is 0 Å². The number of rotatable bonds is 3. The first-order valence-electron chi connectivity index (χ1n) is 8.87. The van der Waals surface area contributed by atoms with Crippen LogP contribution in [0.3, 0.4) is 0 Å². The summed E-state index contributed by atoms with van der Waals surface area (Å²) in [7, 11) is 0. The number of ether oxygens (including phenoxy) is 1. The molecule has 8 nitrogen and oxygen atoms in total. The molecule has 1 fully saturated rings. The lowest BCUT2D eigenvalue weighted by atomic mass is 10.2. The van der Waals surface area contributed by atoms with E-state index in [1.807, 2.05) is 6.92 Å². The standard InChI is InChI=1S/C18H18FN7O/c1-11-8-25(10-22-11)16-14(19)5-12(6-20-16)23-18-21-7-15-17(24-18)26-4-2-3-13(26)9-27-15/h5-8,10,13H,2-4,9H2,1H3,(H,21,23,24). The largest absolute Gasteiger partial charge is 0.486 e. The summed E-state index contributed by atoms with van der Waals surface area (Å²) in [5, 5.41) is 3.03. The molecule has 2 aliphatic heterocycles. The van der Waals surface area contributed by atoms with Crippen molar-refractivity contribution in [1.82, 2.24) is 24.5 Å². The van der Waals surface area contributed by atoms with Crippen molar-refractivity contribution in [3.63, 3.8) is 0 Å². The van der Waals surface area contributed by atoms with E-state index in [-0.39, 0.29) is 5.82 Å². The highest BCUT2D eigenvalue weighted by Gasteiger charge is 2.33. The predicted molar refractivity (Wildman–Crippen MR) is 97.2 cm³/mol. The summed E-state index contributed by atoms with van der Waals surface area (Å²) in [6.07, 6.45) is 8.70. The van der Waals surface area contributed by atoms with Crippen molar-refractivity contribution in [3.8, 4) is 11.6 Å². The van der Waals surface area contributed by atoms with E-state index in [1.165, 1.54) is 12.4 Å². The Bertz CT molecular complexity index is 1010. The van der Waals surface area contributed by atoms with Gasteiger partial charge in [0, 0.05) is 18.8 Å². The number of aryl methyl sites for hydroxylation is 1. The Morgan fingerprint density at radius 2 is 2.15 bits per heavy atom. The molecule has 0 radical (unpaired) electrons. The average molecular weight is 367 g/mol. The summed E-state index contributed by atoms with van der Waals surface area (Å²) >= 11 is 0. The van der Waals surface area contributed by atoms with Gasteiger partial charge in [0.15, 0.2) is 23.2 Å². The molecule has 5 rings (SSSR count). The third kappa shape index (κ3) is 2.84. The Morgan fingerprint density at radius 3 is 2.96 bits per heavy atom. The number of fused-ring (bicyclic) bond motifs is 3. The van der Waals surface area contributed by atoms with Crippen molar-refractivity contribution in [2.24, 2.45) is 0 Å². The summed E-state index contributed by atoms with van der Waals surface area (Å²) in [5.41, 5.74) is 1.27. The second kappa shape index (κ2) is 6.19. The molecule has 0 bridgehead atoms. The Labute approximate surface area is 155 Å². The van der Waals surface area contributed by atoms with Crippen LogP contribution in [0.25, 0.3) is 5.82 Å². The first-order chi connectivity index (χ1) is 13.2. The molecule has 3 aromatic rings. The molecule has 3 aromatic heterocycles. The van der Waals surface area contributed by atoms with Gasteiger partial charge in [-0.05, 0) is 19.8 Å². The maximum Gasteiger partial charge on any atom is 0.229 e. The number of hydrogen-bond donors (Lipinski definition) is 1. The van der Waals surface area contributed by atoms with Crippen molar-refractivity contribution in [2.75, 3.05) is 23.4 Å². The molecular weight excluding hydrogens is 349 g/mol. The minimum Gasteiger partial charge on any atom is -0.486 e. The van der Waals surface area contributed by atoms with Crippen LogP contribution in [0.1, 0.15) is 18.5 Å². The Morgan fingerprint density at radius 1 is 1.22 bits per heavy atom. The van der Waals surface area contributed by atoms with Gasteiger partial charge in [-0.15, -0.1) is 0 Å². The van der Waals surface area contributed by atoms with Crippen LogP contribution < -0.4 is 15.0 Å². The van der Waals surface area contributed by atoms with Gasteiger partial charge >= 0.3 is 0 Å². The zero-order valence-corrected chi connectivity index (χ0v) is 14.8. The van der Waals surface area contributed by atoms with E-state index in [1.54, 1.807) is 23.2 Å². The molecule has 0 saturated carbocycles. The number of hydrogen-bond acceptors (Lipinski definition) is 7. The number of imidazole rings is 1. The van der Waals surface area contributed by atoms with Crippen molar-refractivity contribution in [2.45, 2.75) is 25.8 Å². The van der Waals surface area contributed by atoms with Crippen LogP contribution in [0.4, 0.5) is 21.8 Å². The summed E-state index contributed by atoms with van der Waals surface area (Å²) in [6.45, 7) is 3.48. The SMILES string of the molecule is Cc1cn(-c2ncc(Nc3ncc4c(n3)N3CCCC3CO4)cc2F)cn1. The Balaban J connectivity index is 1.41. The quantitative estimate of drug-likeness (QED) is 0.762. The van der Waals surface area contributed by atoms with Crippen molar-refractivity contribution < 1.29 is 9.13 Å². The first-order valence-corrected chi connectivity index (χ1v) is 8.87. The van der Waals surface area contributed by atoms with E-state index in [0.717, 1.165) is 30.9 Å². The molecule has 1 atom stereocenters. The minimum absolute atomic E-state index is 0.195. The normalized spacial score (nSPS) is 18.0. The summed E-state index contributed by atoms with van der Waals surface area (Å²) in [5.74, 6) is 1.60. The van der Waals surface area contributed by atoms with E-state index in [4.69, 9.17) is 4.74 Å². The van der Waals surface area contributed by atoms with E-state index < -0.39 is 5.82 Å². The van der Waals surface area contributed by atoms with Gasteiger partial charge in [0.2, 0.25) is 5.95 Å². The molecule has 1 N–H and O–H groups in total. The van der Waals surface area contributed by atoms with Crippen molar-refractivity contribution in [3.05, 3.63) is 42.5 Å². The molecule has 138 valence electrons. The third-order valence-corrected chi connectivity index (χ3v) is 4.85. The van der Waals surface area contributed by atoms with E-state index in [0.29, 0.717) is 30.0 Å². The average Bonchev–Trinajstić information content (AvgIpc) is 3.31. The lowest BCUT2D eigenvalue weighted by Crippen LogP contribution is -2.38. The Kier molecular flexibility index (Phi) is 3.66. The number of halogens is 1. The fraction of sp³-hybridized carbons (Fsp3) is 0.333. The van der Waals surface area contributed by atoms with Gasteiger partial charge < -0.3 is 15.0 Å². The van der Waals surface area contributed by atoms with Crippen LogP contribution in [0.15, 0.2) is 31.0 Å². The summed E-state index contributed by atoms with van der Waals surface area (Å²) in [4.78, 5) is 19.4. The highest BCUT2D eigenvalue weighted by Crippen LogP contribution is 2.36. The van der Waals surface area contributed by atoms with Gasteiger partial charge in [0.25, 0.3) is 0 Å². The van der Waals surface area contributed by atoms with Crippen molar-refractivity contribution in [1.29, 1.82) is 0 Å². The molecule has 0 amide bonds. The number of nitrogens with one attached hydrogen (secondary N) is 1. The van der Waals surface area contributed by atoms with Gasteiger partial charge in [0.1, 0.15) is 12.9 Å². The maximum absolute atomic E-state index is 14.5. The first kappa shape index (κ1) is 16.0. The monoisotopic (exact) mass is 367 g/mol. The van der Waals surface area contributed by atoms with Crippen molar-refractivity contribution >= 4 is 17.5 Å².